The third-order valence-corrected chi connectivity index (χ3v) is 8.03. The summed E-state index contributed by atoms with van der Waals surface area (Å²) in [7, 11) is 0. The van der Waals surface area contributed by atoms with E-state index < -0.39 is 23.9 Å². The second-order valence-corrected chi connectivity index (χ2v) is 11.0. The number of carbonyl (C=O) groups is 3. The lowest BCUT2D eigenvalue weighted by atomic mass is 10.1. The van der Waals surface area contributed by atoms with E-state index in [-0.39, 0.29) is 33.5 Å². The highest BCUT2D eigenvalue weighted by Gasteiger charge is 2.26. The smallest absolute Gasteiger partial charge is 0.291 e. The number of halogens is 2. The molecule has 0 unspecified atom stereocenters. The van der Waals surface area contributed by atoms with Crippen molar-refractivity contribution in [2.75, 3.05) is 5.32 Å². The van der Waals surface area contributed by atoms with Gasteiger partial charge in [-0.1, -0.05) is 0 Å². The first kappa shape index (κ1) is 27.2. The van der Waals surface area contributed by atoms with E-state index >= 15 is 0 Å². The Balaban J connectivity index is 1.44. The van der Waals surface area contributed by atoms with Crippen molar-refractivity contribution < 1.29 is 32.3 Å². The van der Waals surface area contributed by atoms with Gasteiger partial charge in [0.25, 0.3) is 18.2 Å². The maximum Gasteiger partial charge on any atom is 0.291 e. The largest absolute Gasteiger partial charge is 0.486 e. The van der Waals surface area contributed by atoms with Gasteiger partial charge in [-0.25, -0.2) is 13.8 Å². The summed E-state index contributed by atoms with van der Waals surface area (Å²) in [5.74, 6) is -0.778. The standard InChI is InChI=1S/C28H21F2N3O5S2/c1-13-3-10-21(39-13)18-11-19(25(29)30)32-28-22(18)23(24(40-28)26(31)35)33-27(36)20-9-8-17(38-20)12-37-16-6-4-15(5-7-16)14(2)34/h3-11,25H,12H2,1-2H3,(H2,31,35)(H,33,36). The number of nitrogens with two attached hydrogens (primary N) is 1. The first-order valence-corrected chi connectivity index (χ1v) is 13.5. The second-order valence-electron chi connectivity index (χ2n) is 8.75. The molecule has 0 fully saturated rings. The molecular formula is C28H21F2N3O5S2. The van der Waals surface area contributed by atoms with Gasteiger partial charge in [0.05, 0.1) is 5.69 Å². The molecule has 40 heavy (non-hydrogen) atoms. The number of benzene rings is 1. The maximum absolute atomic E-state index is 13.7. The summed E-state index contributed by atoms with van der Waals surface area (Å²) in [5.41, 5.74) is 6.18. The van der Waals surface area contributed by atoms with Crippen LogP contribution in [0.2, 0.25) is 0 Å². The van der Waals surface area contributed by atoms with E-state index in [2.05, 4.69) is 10.3 Å². The number of ketones is 1. The molecule has 204 valence electrons. The topological polar surface area (TPSA) is 125 Å². The van der Waals surface area contributed by atoms with Crippen LogP contribution in [0.4, 0.5) is 14.5 Å². The number of alkyl halides is 2. The zero-order chi connectivity index (χ0) is 28.6. The second kappa shape index (κ2) is 11.0. The molecule has 0 aliphatic carbocycles. The minimum Gasteiger partial charge on any atom is -0.486 e. The van der Waals surface area contributed by atoms with Gasteiger partial charge in [-0.3, -0.25) is 14.4 Å². The number of furan rings is 1. The van der Waals surface area contributed by atoms with Crippen LogP contribution in [0.5, 0.6) is 5.75 Å². The highest BCUT2D eigenvalue weighted by atomic mass is 32.1. The molecule has 0 saturated carbocycles. The lowest BCUT2D eigenvalue weighted by Gasteiger charge is -2.09. The van der Waals surface area contributed by atoms with Crippen LogP contribution in [-0.2, 0) is 6.61 Å². The van der Waals surface area contributed by atoms with Gasteiger partial charge in [-0.2, -0.15) is 0 Å². The van der Waals surface area contributed by atoms with Crippen molar-refractivity contribution in [2.45, 2.75) is 26.9 Å². The molecule has 1 aromatic carbocycles. The van der Waals surface area contributed by atoms with Crippen LogP contribution in [0.3, 0.4) is 0 Å². The van der Waals surface area contributed by atoms with Crippen molar-refractivity contribution in [3.63, 3.8) is 0 Å². The summed E-state index contributed by atoms with van der Waals surface area (Å²) >= 11 is 2.21. The van der Waals surface area contributed by atoms with Crippen LogP contribution in [0.25, 0.3) is 20.7 Å². The Morgan fingerprint density at radius 3 is 2.45 bits per heavy atom. The van der Waals surface area contributed by atoms with Gasteiger partial charge in [0.1, 0.15) is 33.5 Å². The van der Waals surface area contributed by atoms with Gasteiger partial charge >= 0.3 is 0 Å². The van der Waals surface area contributed by atoms with Crippen LogP contribution in [0.1, 0.15) is 60.3 Å². The highest BCUT2D eigenvalue weighted by molar-refractivity contribution is 7.21. The Bertz CT molecular complexity index is 1760. The van der Waals surface area contributed by atoms with E-state index in [0.717, 1.165) is 16.2 Å². The number of aromatic nitrogens is 1. The Morgan fingerprint density at radius 2 is 1.82 bits per heavy atom. The fraction of sp³-hybridized carbons (Fsp3) is 0.143. The molecule has 8 nitrogen and oxygen atoms in total. The number of amides is 2. The molecule has 0 spiro atoms. The number of anilines is 1. The monoisotopic (exact) mass is 581 g/mol. The van der Waals surface area contributed by atoms with Crippen molar-refractivity contribution in [1.29, 1.82) is 0 Å². The number of primary amides is 1. The minimum atomic E-state index is -2.84. The average molecular weight is 582 g/mol. The Labute approximate surface area is 234 Å². The molecule has 12 heteroatoms. The predicted molar refractivity (Wildman–Crippen MR) is 149 cm³/mol. The van der Waals surface area contributed by atoms with Crippen LogP contribution in [0, 0.1) is 6.92 Å². The van der Waals surface area contributed by atoms with Gasteiger partial charge in [-0.15, -0.1) is 22.7 Å². The molecule has 5 aromatic rings. The van der Waals surface area contributed by atoms with Crippen LogP contribution in [-0.4, -0.2) is 22.6 Å². The zero-order valence-corrected chi connectivity index (χ0v) is 22.8. The number of rotatable bonds is 9. The molecule has 0 aliphatic heterocycles. The van der Waals surface area contributed by atoms with E-state index in [4.69, 9.17) is 14.9 Å². The number of hydrogen-bond acceptors (Lipinski definition) is 8. The quantitative estimate of drug-likeness (QED) is 0.181. The lowest BCUT2D eigenvalue weighted by molar-refractivity contribution is 0.0990. The molecule has 0 saturated heterocycles. The lowest BCUT2D eigenvalue weighted by Crippen LogP contribution is -2.16. The van der Waals surface area contributed by atoms with Crippen molar-refractivity contribution in [3.8, 4) is 16.2 Å². The third kappa shape index (κ3) is 5.49. The van der Waals surface area contributed by atoms with Crippen LogP contribution in [0.15, 0.2) is 59.0 Å². The van der Waals surface area contributed by atoms with Gasteiger partial charge in [0.15, 0.2) is 11.5 Å². The summed E-state index contributed by atoms with van der Waals surface area (Å²) in [5, 5.41) is 3.02. The number of carbonyl (C=O) groups excluding carboxylic acids is 3. The van der Waals surface area contributed by atoms with E-state index in [1.54, 1.807) is 36.4 Å². The first-order chi connectivity index (χ1) is 19.1. The fourth-order valence-electron chi connectivity index (χ4n) is 3.99. The fourth-order valence-corrected chi connectivity index (χ4v) is 5.89. The van der Waals surface area contributed by atoms with Crippen molar-refractivity contribution in [1.82, 2.24) is 4.98 Å². The van der Waals surface area contributed by atoms with E-state index in [0.29, 0.717) is 32.9 Å². The normalized spacial score (nSPS) is 11.2. The summed E-state index contributed by atoms with van der Waals surface area (Å²) in [6.45, 7) is 3.37. The summed E-state index contributed by atoms with van der Waals surface area (Å²) in [6.07, 6.45) is -2.84. The average Bonchev–Trinajstić information content (AvgIpc) is 3.66. The van der Waals surface area contributed by atoms with Crippen molar-refractivity contribution >= 4 is 56.2 Å². The minimum absolute atomic E-state index is 0.0167. The molecule has 2 amide bonds. The molecular weight excluding hydrogens is 560 g/mol. The number of nitrogens with one attached hydrogen (secondary N) is 1. The van der Waals surface area contributed by atoms with E-state index in [9.17, 15) is 23.2 Å². The molecule has 5 rings (SSSR count). The van der Waals surface area contributed by atoms with Gasteiger partial charge in [-0.05, 0) is 68.4 Å². The zero-order valence-electron chi connectivity index (χ0n) is 21.1. The number of pyridine rings is 1. The Hall–Kier alpha value is -4.42. The Morgan fingerprint density at radius 1 is 1.07 bits per heavy atom. The number of hydrogen-bond donors (Lipinski definition) is 2. The summed E-state index contributed by atoms with van der Waals surface area (Å²) in [4.78, 5) is 42.7. The highest BCUT2D eigenvalue weighted by Crippen LogP contribution is 2.44. The SMILES string of the molecule is CC(=O)c1ccc(OCc2ccc(C(=O)Nc3c(C(N)=O)sc4nc(C(F)F)cc(-c5ccc(C)s5)c34)o2)cc1. The number of thiophene rings is 2. The van der Waals surface area contributed by atoms with Gasteiger partial charge in [0, 0.05) is 26.3 Å². The molecule has 4 aromatic heterocycles. The molecule has 3 N–H and O–H groups in total. The number of fused-ring (bicyclic) bond motifs is 1. The van der Waals surface area contributed by atoms with E-state index in [1.807, 2.05) is 13.0 Å². The number of ether oxygens (including phenoxy) is 1. The molecule has 0 bridgehead atoms. The van der Waals surface area contributed by atoms with Crippen LogP contribution >= 0.6 is 22.7 Å². The number of Topliss-reactive ketones (excluding diaryl/α,β-unsaturated/α-hetero) is 1. The molecule has 0 atom stereocenters. The maximum atomic E-state index is 13.7. The van der Waals surface area contributed by atoms with Gasteiger partial charge in [0.2, 0.25) is 0 Å². The van der Waals surface area contributed by atoms with Gasteiger partial charge < -0.3 is 20.2 Å². The van der Waals surface area contributed by atoms with Crippen molar-refractivity contribution in [3.05, 3.63) is 87.1 Å². The first-order valence-electron chi connectivity index (χ1n) is 11.9. The van der Waals surface area contributed by atoms with E-state index in [1.165, 1.54) is 30.4 Å². The summed E-state index contributed by atoms with van der Waals surface area (Å²) in [6, 6.07) is 14.5. The third-order valence-electron chi connectivity index (χ3n) is 5.90. The van der Waals surface area contributed by atoms with Crippen LogP contribution < -0.4 is 15.8 Å². The molecule has 0 aliphatic rings. The Kier molecular flexibility index (Phi) is 7.46. The predicted octanol–water partition coefficient (Wildman–Crippen LogP) is 7.00. The van der Waals surface area contributed by atoms with Crippen molar-refractivity contribution in [2.24, 2.45) is 5.73 Å². The number of nitrogens with zero attached hydrogens (tertiary/aromatic N) is 1. The summed E-state index contributed by atoms with van der Waals surface area (Å²) < 4.78 is 38.6. The molecule has 0 radical (unpaired) electrons. The number of aryl methyl sites for hydroxylation is 1. The molecule has 4 heterocycles.